The largest absolute Gasteiger partial charge is 0.325 e. The Balaban J connectivity index is 1.98. The van der Waals surface area contributed by atoms with E-state index >= 15 is 0 Å². The highest BCUT2D eigenvalue weighted by atomic mass is 16.2. The molecule has 2 aromatic rings. The predicted octanol–water partition coefficient (Wildman–Crippen LogP) is 6.86. The summed E-state index contributed by atoms with van der Waals surface area (Å²) in [6, 6.07) is 15.6. The number of amides is 1. The van der Waals surface area contributed by atoms with Crippen molar-refractivity contribution in [2.75, 3.05) is 5.32 Å². The van der Waals surface area contributed by atoms with Gasteiger partial charge in [-0.1, -0.05) is 100 Å². The van der Waals surface area contributed by atoms with Crippen LogP contribution in [0.1, 0.15) is 56.7 Å². The molecule has 4 atom stereocenters. The molecule has 4 heteroatoms. The summed E-state index contributed by atoms with van der Waals surface area (Å²) in [7, 11) is 0. The maximum Gasteiger partial charge on any atom is 0.235 e. The van der Waals surface area contributed by atoms with Crippen LogP contribution in [0, 0.1) is 36.5 Å². The van der Waals surface area contributed by atoms with Gasteiger partial charge < -0.3 is 11.1 Å². The number of nitrogens with one attached hydrogen (secondary N) is 1. The molecule has 0 radical (unpaired) electrons. The molecular formula is C36H42N2O2. The Bertz CT molecular complexity index is 1380. The summed E-state index contributed by atoms with van der Waals surface area (Å²) in [4.78, 5) is 27.8. The molecule has 0 aliphatic carbocycles. The van der Waals surface area contributed by atoms with Gasteiger partial charge in [0.05, 0.1) is 5.41 Å². The van der Waals surface area contributed by atoms with Gasteiger partial charge in [0.2, 0.25) is 5.91 Å². The lowest BCUT2D eigenvalue weighted by molar-refractivity contribution is -0.122. The van der Waals surface area contributed by atoms with Crippen molar-refractivity contribution in [2.45, 2.75) is 64.8 Å². The standard InChI is InChI=1S/C36H42N2O2/c1-8-10-13-26(6)22-36(31-14-11-12-15-32(31)38-35(36)40)23-27(7)34(39)30(20-28-18-16-25(5)17-19-28)21-29(9-2)33(37)24(3)4/h8,11-12,14-19,24,26,30,33H,1-2,7,20-23,37H2,3-6H3,(H,38,40)/t26-,30-,33+,36+/m1/s1. The number of Topliss-reactive ketones (excluding diaryl/α,β-unsaturated/α-hetero) is 1. The Labute approximate surface area is 240 Å². The first-order valence-corrected chi connectivity index (χ1v) is 14.0. The van der Waals surface area contributed by atoms with E-state index in [2.05, 4.69) is 66.9 Å². The van der Waals surface area contributed by atoms with Gasteiger partial charge in [-0.2, -0.15) is 0 Å². The van der Waals surface area contributed by atoms with Crippen LogP contribution < -0.4 is 11.1 Å². The van der Waals surface area contributed by atoms with E-state index < -0.39 is 11.3 Å². The van der Waals surface area contributed by atoms with Gasteiger partial charge in [-0.3, -0.25) is 9.59 Å². The Morgan fingerprint density at radius 2 is 1.80 bits per heavy atom. The van der Waals surface area contributed by atoms with Gasteiger partial charge in [0.15, 0.2) is 5.78 Å². The number of nitrogens with two attached hydrogens (primary N) is 1. The molecule has 0 saturated carbocycles. The third kappa shape index (κ3) is 6.99. The molecule has 3 N–H and O–H groups in total. The molecule has 0 bridgehead atoms. The van der Waals surface area contributed by atoms with Crippen LogP contribution in [0.4, 0.5) is 5.69 Å². The third-order valence-corrected chi connectivity index (χ3v) is 7.86. The predicted molar refractivity (Wildman–Crippen MR) is 166 cm³/mol. The molecule has 1 aliphatic rings. The lowest BCUT2D eigenvalue weighted by Crippen LogP contribution is -2.38. The Morgan fingerprint density at radius 3 is 2.42 bits per heavy atom. The number of hydrogen-bond acceptors (Lipinski definition) is 3. The summed E-state index contributed by atoms with van der Waals surface area (Å²) in [6.45, 7) is 20.0. The number of carbonyl (C=O) groups is 2. The Morgan fingerprint density at radius 1 is 1.12 bits per heavy atom. The minimum atomic E-state index is -0.946. The highest BCUT2D eigenvalue weighted by Crippen LogP contribution is 2.46. The lowest BCUT2D eigenvalue weighted by atomic mass is 9.69. The Kier molecular flexibility index (Phi) is 10.3. The van der Waals surface area contributed by atoms with Crippen molar-refractivity contribution in [3.05, 3.63) is 108 Å². The van der Waals surface area contributed by atoms with Gasteiger partial charge in [-0.05, 0) is 72.9 Å². The number of benzene rings is 2. The van der Waals surface area contributed by atoms with Crippen LogP contribution in [0.15, 0.2) is 91.2 Å². The molecule has 4 nitrogen and oxygen atoms in total. The molecule has 0 unspecified atom stereocenters. The topological polar surface area (TPSA) is 72.2 Å². The van der Waals surface area contributed by atoms with Crippen LogP contribution in [-0.4, -0.2) is 17.7 Å². The average molecular weight is 535 g/mol. The zero-order chi connectivity index (χ0) is 29.4. The van der Waals surface area contributed by atoms with Gasteiger partial charge in [0, 0.05) is 23.6 Å². The molecule has 1 amide bonds. The van der Waals surface area contributed by atoms with Crippen LogP contribution in [-0.2, 0) is 21.4 Å². The van der Waals surface area contributed by atoms with Crippen molar-refractivity contribution in [3.8, 4) is 11.8 Å². The van der Waals surface area contributed by atoms with Crippen LogP contribution in [0.2, 0.25) is 0 Å². The fraction of sp³-hybridized carbons (Fsp3) is 0.361. The van der Waals surface area contributed by atoms with Crippen molar-refractivity contribution in [2.24, 2.45) is 23.5 Å². The molecule has 3 rings (SSSR count). The van der Waals surface area contributed by atoms with E-state index in [0.29, 0.717) is 24.8 Å². The number of fused-ring (bicyclic) bond motifs is 1. The summed E-state index contributed by atoms with van der Waals surface area (Å²) in [6.07, 6.45) is 3.19. The van der Waals surface area contributed by atoms with Gasteiger partial charge in [-0.25, -0.2) is 0 Å². The van der Waals surface area contributed by atoms with Gasteiger partial charge in [0.1, 0.15) is 0 Å². The van der Waals surface area contributed by atoms with E-state index in [4.69, 9.17) is 5.73 Å². The summed E-state index contributed by atoms with van der Waals surface area (Å²) in [5.41, 5.74) is 13.7. The fourth-order valence-corrected chi connectivity index (χ4v) is 5.60. The molecular weight excluding hydrogens is 492 g/mol. The van der Waals surface area contributed by atoms with Crippen LogP contribution in [0.5, 0.6) is 0 Å². The molecule has 1 heterocycles. The number of allylic oxidation sites excluding steroid dienone is 2. The second-order valence-electron chi connectivity index (χ2n) is 11.4. The average Bonchev–Trinajstić information content (AvgIpc) is 3.20. The first kappa shape index (κ1) is 30.6. The number of para-hydroxylation sites is 1. The van der Waals surface area contributed by atoms with Crippen molar-refractivity contribution in [3.63, 3.8) is 0 Å². The van der Waals surface area contributed by atoms with E-state index in [9.17, 15) is 9.59 Å². The minimum absolute atomic E-state index is 0.0642. The van der Waals surface area contributed by atoms with E-state index in [-0.39, 0.29) is 36.0 Å². The van der Waals surface area contributed by atoms with Crippen molar-refractivity contribution < 1.29 is 9.59 Å². The number of ketones is 1. The minimum Gasteiger partial charge on any atom is -0.325 e. The van der Waals surface area contributed by atoms with Crippen LogP contribution >= 0.6 is 0 Å². The molecule has 0 fully saturated rings. The first-order valence-electron chi connectivity index (χ1n) is 14.0. The van der Waals surface area contributed by atoms with Gasteiger partial charge >= 0.3 is 0 Å². The fourth-order valence-electron chi connectivity index (χ4n) is 5.60. The van der Waals surface area contributed by atoms with Gasteiger partial charge in [0.25, 0.3) is 0 Å². The second-order valence-corrected chi connectivity index (χ2v) is 11.4. The van der Waals surface area contributed by atoms with E-state index in [1.54, 1.807) is 6.08 Å². The van der Waals surface area contributed by atoms with Gasteiger partial charge in [-0.15, -0.1) is 5.73 Å². The maximum absolute atomic E-state index is 14.2. The highest BCUT2D eigenvalue weighted by Gasteiger charge is 2.48. The smallest absolute Gasteiger partial charge is 0.235 e. The molecule has 0 aromatic heterocycles. The summed E-state index contributed by atoms with van der Waals surface area (Å²) in [5, 5.41) is 3.04. The van der Waals surface area contributed by atoms with E-state index in [1.807, 2.05) is 52.0 Å². The summed E-state index contributed by atoms with van der Waals surface area (Å²) >= 11 is 0. The van der Waals surface area contributed by atoms with Crippen LogP contribution in [0.3, 0.4) is 0 Å². The van der Waals surface area contributed by atoms with E-state index in [1.165, 1.54) is 0 Å². The second kappa shape index (κ2) is 13.4. The monoisotopic (exact) mass is 534 g/mol. The van der Waals surface area contributed by atoms with Crippen molar-refractivity contribution in [1.82, 2.24) is 0 Å². The molecule has 40 heavy (non-hydrogen) atoms. The first-order chi connectivity index (χ1) is 19.0. The zero-order valence-corrected chi connectivity index (χ0v) is 24.3. The zero-order valence-electron chi connectivity index (χ0n) is 24.3. The number of aryl methyl sites for hydroxylation is 1. The number of anilines is 1. The Hall–Kier alpha value is -3.90. The number of carbonyl (C=O) groups excluding carboxylic acids is 2. The molecule has 0 saturated heterocycles. The summed E-state index contributed by atoms with van der Waals surface area (Å²) in [5.74, 6) is 5.57. The molecule has 1 aliphatic heterocycles. The number of hydrogen-bond donors (Lipinski definition) is 2. The quantitative estimate of drug-likeness (QED) is 0.178. The van der Waals surface area contributed by atoms with E-state index in [0.717, 1.165) is 28.0 Å². The summed E-state index contributed by atoms with van der Waals surface area (Å²) < 4.78 is 0. The number of rotatable bonds is 12. The van der Waals surface area contributed by atoms with Crippen molar-refractivity contribution >= 4 is 17.4 Å². The third-order valence-electron chi connectivity index (χ3n) is 7.86. The molecule has 2 aromatic carbocycles. The molecule has 208 valence electrons. The normalized spacial score (nSPS) is 17.9. The molecule has 0 spiro atoms. The lowest BCUT2D eigenvalue weighted by Gasteiger charge is -2.31. The van der Waals surface area contributed by atoms with Crippen molar-refractivity contribution in [1.29, 1.82) is 0 Å². The van der Waals surface area contributed by atoms with Crippen LogP contribution in [0.25, 0.3) is 0 Å². The highest BCUT2D eigenvalue weighted by molar-refractivity contribution is 6.08. The SMILES string of the molecule is C=C=C(C[C@@H](Cc1ccc(C)cc1)C(=O)C(=C)C[C@]1(C[C@H](C)C#CC=C)C(=O)Nc2ccccc21)[C@@H](N)C(C)C. The maximum atomic E-state index is 14.2.